The van der Waals surface area contributed by atoms with Gasteiger partial charge in [0.1, 0.15) is 0 Å². The number of para-hydroxylation sites is 2. The molecular weight excluding hydrogens is 865 g/mol. The lowest BCUT2D eigenvalue weighted by Gasteiger charge is -2.36. The van der Waals surface area contributed by atoms with Gasteiger partial charge in [0, 0.05) is 56.2 Å². The van der Waals surface area contributed by atoms with Gasteiger partial charge in [-0.25, -0.2) is 9.59 Å². The van der Waals surface area contributed by atoms with Crippen LogP contribution in [0.3, 0.4) is 0 Å². The van der Waals surface area contributed by atoms with Gasteiger partial charge in [-0.3, -0.25) is 0 Å². The molecule has 0 aliphatic carbocycles. The smallest absolute Gasteiger partial charge is 0.390 e. The second-order valence-corrected chi connectivity index (χ2v) is 15.9. The van der Waals surface area contributed by atoms with E-state index in [1.165, 1.54) is 27.1 Å². The monoisotopic (exact) mass is 920 g/mol. The molecule has 0 unspecified atom stereocenters. The van der Waals surface area contributed by atoms with E-state index in [0.29, 0.717) is 42.1 Å². The Labute approximate surface area is 344 Å². The largest absolute Gasteiger partial charge is 0.465 e. The molecule has 2 aromatic heterocycles. The number of likely N-dealkylation sites (tertiary alicyclic amines) is 1. The number of rotatable bonds is 9. The standard InChI is InChI=1S/C21H27F3N2O2.C18H24N2O2.C3H4F3I/c1-14(16-8-11-25(12-9-16)13-10-21(22,23)24)26-15(2)19(20(27)28-3)17-6-4-5-7-18(17)26;1-12(14-8-10-19-11-9-14)20-13(2)17(18(21)22-3)15-6-4-5-7-16(15)20;4-3(5,6)1-2-7/h4-7,14,16H,8-13H2,1-3H3;4-7,12,14,19H,8-11H2,1-3H3;1-2H2/t14-;12-;/m11./s1. The van der Waals surface area contributed by atoms with Crippen LogP contribution in [0.5, 0.6) is 0 Å². The van der Waals surface area contributed by atoms with Crippen molar-refractivity contribution in [2.75, 3.05) is 51.4 Å². The second-order valence-electron chi connectivity index (χ2n) is 14.8. The van der Waals surface area contributed by atoms with Crippen molar-refractivity contribution < 1.29 is 45.4 Å². The fourth-order valence-corrected chi connectivity index (χ4v) is 8.96. The summed E-state index contributed by atoms with van der Waals surface area (Å²) in [5.74, 6) is 0.398. The number of fused-ring (bicyclic) bond motifs is 2. The van der Waals surface area contributed by atoms with Gasteiger partial charge in [0.25, 0.3) is 0 Å². The van der Waals surface area contributed by atoms with E-state index in [9.17, 15) is 35.9 Å². The number of nitrogens with zero attached hydrogens (tertiary/aromatic N) is 3. The maximum atomic E-state index is 12.5. The van der Waals surface area contributed by atoms with Crippen molar-refractivity contribution in [3.05, 3.63) is 71.0 Å². The number of halogens is 7. The van der Waals surface area contributed by atoms with Crippen LogP contribution in [0.15, 0.2) is 48.5 Å². The second kappa shape index (κ2) is 20.6. The van der Waals surface area contributed by atoms with Gasteiger partial charge in [0.15, 0.2) is 0 Å². The molecule has 0 bridgehead atoms. The van der Waals surface area contributed by atoms with Crippen LogP contribution < -0.4 is 5.32 Å². The van der Waals surface area contributed by atoms with E-state index in [4.69, 9.17) is 9.47 Å². The number of aromatic nitrogens is 2. The first-order valence-electron chi connectivity index (χ1n) is 19.4. The molecule has 2 aliphatic heterocycles. The van der Waals surface area contributed by atoms with Gasteiger partial charge in [0.05, 0.1) is 38.2 Å². The van der Waals surface area contributed by atoms with Gasteiger partial charge in [0.2, 0.25) is 0 Å². The lowest BCUT2D eigenvalue weighted by molar-refractivity contribution is -0.138. The predicted octanol–water partition coefficient (Wildman–Crippen LogP) is 10.6. The number of alkyl halides is 7. The zero-order valence-corrected chi connectivity index (χ0v) is 35.7. The maximum Gasteiger partial charge on any atom is 0.390 e. The van der Waals surface area contributed by atoms with Gasteiger partial charge in [-0.15, -0.1) is 0 Å². The van der Waals surface area contributed by atoms with Crippen molar-refractivity contribution in [1.29, 1.82) is 0 Å². The van der Waals surface area contributed by atoms with E-state index >= 15 is 0 Å². The summed E-state index contributed by atoms with van der Waals surface area (Å²) in [7, 11) is 2.83. The molecule has 2 saturated heterocycles. The number of hydrogen-bond donors (Lipinski definition) is 1. The molecule has 6 rings (SSSR count). The summed E-state index contributed by atoms with van der Waals surface area (Å²) in [4.78, 5) is 26.4. The minimum absolute atomic E-state index is 0.0720. The summed E-state index contributed by atoms with van der Waals surface area (Å²) in [6.45, 7) is 12.0. The number of piperidine rings is 2. The Morgan fingerprint density at radius 2 is 1.12 bits per heavy atom. The highest BCUT2D eigenvalue weighted by molar-refractivity contribution is 14.1. The summed E-state index contributed by atoms with van der Waals surface area (Å²) in [5.41, 5.74) is 5.31. The number of ether oxygens (including phenoxy) is 2. The number of hydrogen-bond acceptors (Lipinski definition) is 6. The Bertz CT molecular complexity index is 1930. The Kier molecular flexibility index (Phi) is 16.8. The van der Waals surface area contributed by atoms with E-state index in [1.807, 2.05) is 61.2 Å². The zero-order chi connectivity index (χ0) is 42.1. The molecule has 0 amide bonds. The molecule has 4 aromatic rings. The zero-order valence-electron chi connectivity index (χ0n) is 33.5. The normalized spacial score (nSPS) is 17.0. The third-order valence-corrected chi connectivity index (χ3v) is 11.9. The molecule has 1 N–H and O–H groups in total. The van der Waals surface area contributed by atoms with E-state index < -0.39 is 25.2 Å². The molecule has 15 heteroatoms. The number of carbonyl (C=O) groups excluding carboxylic acids is 2. The fraction of sp³-hybridized carbons (Fsp3) is 0.571. The first-order chi connectivity index (χ1) is 26.9. The SMILES string of the molecule is COC(=O)c1c(C)n([C@H](C)C2CCN(CCC(F)(F)F)CC2)c2ccccc12.COC(=O)c1c(C)n([C@H](C)C2CCNCC2)c2ccccc12.FC(F)(F)CCI. The lowest BCUT2D eigenvalue weighted by atomic mass is 9.90. The molecule has 0 radical (unpaired) electrons. The van der Waals surface area contributed by atoms with Gasteiger partial charge >= 0.3 is 24.3 Å². The maximum absolute atomic E-state index is 12.5. The number of methoxy groups -OCH3 is 2. The quantitative estimate of drug-likeness (QED) is 0.0780. The summed E-state index contributed by atoms with van der Waals surface area (Å²) >= 11 is 1.69. The highest BCUT2D eigenvalue weighted by atomic mass is 127. The fourth-order valence-electron chi connectivity index (χ4n) is 8.35. The van der Waals surface area contributed by atoms with Crippen LogP contribution in [0.1, 0.15) is 96.6 Å². The minimum atomic E-state index is -4.10. The molecule has 0 saturated carbocycles. The number of esters is 2. The molecule has 316 valence electrons. The average molecular weight is 921 g/mol. The van der Waals surface area contributed by atoms with E-state index in [-0.39, 0.29) is 29.0 Å². The molecule has 2 aliphatic rings. The van der Waals surface area contributed by atoms with Crippen LogP contribution >= 0.6 is 22.6 Å². The molecule has 2 aromatic carbocycles. The van der Waals surface area contributed by atoms with Crippen molar-refractivity contribution in [2.24, 2.45) is 11.8 Å². The number of benzene rings is 2. The Morgan fingerprint density at radius 1 is 0.719 bits per heavy atom. The third kappa shape index (κ3) is 11.9. The van der Waals surface area contributed by atoms with Crippen LogP contribution in [-0.4, -0.2) is 89.7 Å². The van der Waals surface area contributed by atoms with Crippen molar-refractivity contribution >= 4 is 56.3 Å². The van der Waals surface area contributed by atoms with Crippen LogP contribution in [0.25, 0.3) is 21.8 Å². The van der Waals surface area contributed by atoms with E-state index in [2.05, 4.69) is 34.4 Å². The predicted molar refractivity (Wildman–Crippen MR) is 220 cm³/mol. The van der Waals surface area contributed by atoms with Crippen LogP contribution in [-0.2, 0) is 9.47 Å². The van der Waals surface area contributed by atoms with Crippen molar-refractivity contribution in [2.45, 2.75) is 90.7 Å². The molecule has 2 fully saturated rings. The molecular formula is C42H55F6IN4O4. The van der Waals surface area contributed by atoms with E-state index in [0.717, 1.165) is 59.1 Å². The Balaban J connectivity index is 0.000000221. The summed E-state index contributed by atoms with van der Waals surface area (Å²) < 4.78 is 85.2. The van der Waals surface area contributed by atoms with Crippen molar-refractivity contribution in [1.82, 2.24) is 19.4 Å². The summed E-state index contributed by atoms with van der Waals surface area (Å²) in [5, 5.41) is 5.29. The Hall–Kier alpha value is -3.31. The first-order valence-corrected chi connectivity index (χ1v) is 20.9. The van der Waals surface area contributed by atoms with Crippen molar-refractivity contribution in [3.8, 4) is 0 Å². The topological polar surface area (TPSA) is 77.7 Å². The molecule has 4 heterocycles. The molecule has 8 nitrogen and oxygen atoms in total. The van der Waals surface area contributed by atoms with Gasteiger partial charge in [-0.05, 0) is 104 Å². The summed E-state index contributed by atoms with van der Waals surface area (Å²) in [6, 6.07) is 16.4. The molecule has 57 heavy (non-hydrogen) atoms. The third-order valence-electron chi connectivity index (χ3n) is 11.4. The number of nitrogens with one attached hydrogen (secondary N) is 1. The van der Waals surface area contributed by atoms with Crippen molar-refractivity contribution in [3.63, 3.8) is 0 Å². The number of carbonyl (C=O) groups is 2. The van der Waals surface area contributed by atoms with Crippen LogP contribution in [0.4, 0.5) is 26.3 Å². The minimum Gasteiger partial charge on any atom is -0.465 e. The highest BCUT2D eigenvalue weighted by Gasteiger charge is 2.32. The van der Waals surface area contributed by atoms with Gasteiger partial charge in [-0.2, -0.15) is 26.3 Å². The molecule has 2 atom stereocenters. The van der Waals surface area contributed by atoms with Gasteiger partial charge in [-0.1, -0.05) is 59.0 Å². The lowest BCUT2D eigenvalue weighted by Crippen LogP contribution is -2.38. The van der Waals surface area contributed by atoms with Gasteiger partial charge < -0.3 is 28.8 Å². The average Bonchev–Trinajstić information content (AvgIpc) is 3.65. The van der Waals surface area contributed by atoms with E-state index in [1.54, 1.807) is 22.6 Å². The van der Waals surface area contributed by atoms with Crippen LogP contribution in [0.2, 0.25) is 0 Å². The highest BCUT2D eigenvalue weighted by Crippen LogP contribution is 2.37. The molecule has 0 spiro atoms. The Morgan fingerprint density at radius 3 is 1.49 bits per heavy atom. The summed E-state index contributed by atoms with van der Waals surface area (Å²) in [6.07, 6.45) is -5.43. The first kappa shape index (κ1) is 46.4. The van der Waals surface area contributed by atoms with Crippen LogP contribution in [0, 0.1) is 25.7 Å².